The standard InChI is InChI=1S/C18H26BrNO3/c1-17(2,3)23-16(21)20-11-9-18(4,10-12-20)22-13-14-5-7-15(19)8-6-14/h5-8H,9-13H2,1-4H3. The number of halogens is 1. The molecule has 1 aromatic carbocycles. The quantitative estimate of drug-likeness (QED) is 0.755. The second-order valence-corrected chi connectivity index (χ2v) is 8.25. The van der Waals surface area contributed by atoms with Crippen molar-refractivity contribution in [2.75, 3.05) is 13.1 Å². The fraction of sp³-hybridized carbons (Fsp3) is 0.611. The summed E-state index contributed by atoms with van der Waals surface area (Å²) in [6, 6.07) is 8.16. The molecule has 0 spiro atoms. The molecule has 0 bridgehead atoms. The van der Waals surface area contributed by atoms with E-state index in [0.29, 0.717) is 19.7 Å². The molecule has 4 nitrogen and oxygen atoms in total. The lowest BCUT2D eigenvalue weighted by Crippen LogP contribution is -2.47. The van der Waals surface area contributed by atoms with Crippen molar-refractivity contribution in [2.45, 2.75) is 58.3 Å². The van der Waals surface area contributed by atoms with E-state index in [1.807, 2.05) is 32.9 Å². The zero-order valence-corrected chi connectivity index (χ0v) is 16.0. The van der Waals surface area contributed by atoms with E-state index < -0.39 is 5.60 Å². The zero-order valence-electron chi connectivity index (χ0n) is 14.4. The number of likely N-dealkylation sites (tertiary alicyclic amines) is 1. The number of rotatable bonds is 3. The summed E-state index contributed by atoms with van der Waals surface area (Å²) in [7, 11) is 0. The maximum atomic E-state index is 12.1. The molecule has 1 aromatic rings. The maximum absolute atomic E-state index is 12.1. The first-order chi connectivity index (χ1) is 10.7. The van der Waals surface area contributed by atoms with Gasteiger partial charge in [0.05, 0.1) is 12.2 Å². The molecule has 1 aliphatic rings. The monoisotopic (exact) mass is 383 g/mol. The van der Waals surface area contributed by atoms with E-state index in [-0.39, 0.29) is 11.7 Å². The molecule has 1 aliphatic heterocycles. The van der Waals surface area contributed by atoms with Gasteiger partial charge in [-0.2, -0.15) is 0 Å². The van der Waals surface area contributed by atoms with Gasteiger partial charge in [0.25, 0.3) is 0 Å². The summed E-state index contributed by atoms with van der Waals surface area (Å²) in [6.07, 6.45) is 1.42. The Hall–Kier alpha value is -1.07. The SMILES string of the molecule is CC(C)(C)OC(=O)N1CCC(C)(OCc2ccc(Br)cc2)CC1. The van der Waals surface area contributed by atoms with Crippen molar-refractivity contribution >= 4 is 22.0 Å². The van der Waals surface area contributed by atoms with E-state index >= 15 is 0 Å². The predicted octanol–water partition coefficient (Wildman–Crippen LogP) is 4.76. The van der Waals surface area contributed by atoms with Crippen LogP contribution < -0.4 is 0 Å². The lowest BCUT2D eigenvalue weighted by atomic mass is 9.93. The minimum atomic E-state index is -0.448. The van der Waals surface area contributed by atoms with Crippen molar-refractivity contribution in [3.63, 3.8) is 0 Å². The lowest BCUT2D eigenvalue weighted by molar-refractivity contribution is -0.0812. The van der Waals surface area contributed by atoms with Crippen LogP contribution in [0.1, 0.15) is 46.1 Å². The molecular formula is C18H26BrNO3. The Kier molecular flexibility index (Phi) is 5.74. The second-order valence-electron chi connectivity index (χ2n) is 7.33. The van der Waals surface area contributed by atoms with Crippen LogP contribution in [0.25, 0.3) is 0 Å². The van der Waals surface area contributed by atoms with Crippen LogP contribution in [0.2, 0.25) is 0 Å². The Morgan fingerprint density at radius 2 is 1.78 bits per heavy atom. The Balaban J connectivity index is 1.82. The topological polar surface area (TPSA) is 38.8 Å². The van der Waals surface area contributed by atoms with Gasteiger partial charge >= 0.3 is 6.09 Å². The third kappa shape index (κ3) is 5.81. The summed E-state index contributed by atoms with van der Waals surface area (Å²) >= 11 is 3.43. The molecule has 1 amide bonds. The number of benzene rings is 1. The summed E-state index contributed by atoms with van der Waals surface area (Å²) in [4.78, 5) is 13.9. The first-order valence-corrected chi connectivity index (χ1v) is 8.83. The molecule has 2 rings (SSSR count). The first-order valence-electron chi connectivity index (χ1n) is 8.03. The van der Waals surface area contributed by atoms with E-state index in [4.69, 9.17) is 9.47 Å². The smallest absolute Gasteiger partial charge is 0.410 e. The number of ether oxygens (including phenoxy) is 2. The van der Waals surface area contributed by atoms with Gasteiger partial charge in [0.1, 0.15) is 5.60 Å². The molecular weight excluding hydrogens is 358 g/mol. The van der Waals surface area contributed by atoms with Gasteiger partial charge in [0, 0.05) is 17.6 Å². The summed E-state index contributed by atoms with van der Waals surface area (Å²) in [5, 5.41) is 0. The molecule has 1 saturated heterocycles. The van der Waals surface area contributed by atoms with E-state index in [9.17, 15) is 4.79 Å². The second kappa shape index (κ2) is 7.22. The van der Waals surface area contributed by atoms with Crippen LogP contribution in [0.3, 0.4) is 0 Å². The fourth-order valence-corrected chi connectivity index (χ4v) is 2.74. The molecule has 0 aliphatic carbocycles. The van der Waals surface area contributed by atoms with Gasteiger partial charge < -0.3 is 14.4 Å². The maximum Gasteiger partial charge on any atom is 0.410 e. The Bertz CT molecular complexity index is 528. The fourth-order valence-electron chi connectivity index (χ4n) is 2.47. The van der Waals surface area contributed by atoms with Crippen molar-refractivity contribution in [2.24, 2.45) is 0 Å². The molecule has 1 heterocycles. The molecule has 23 heavy (non-hydrogen) atoms. The van der Waals surface area contributed by atoms with Crippen molar-refractivity contribution in [3.8, 4) is 0 Å². The minimum absolute atomic E-state index is 0.189. The third-order valence-electron chi connectivity index (χ3n) is 3.97. The average Bonchev–Trinajstić information content (AvgIpc) is 2.46. The summed E-state index contributed by atoms with van der Waals surface area (Å²) in [5.41, 5.74) is 0.519. The number of hydrogen-bond donors (Lipinski definition) is 0. The van der Waals surface area contributed by atoms with Gasteiger partial charge in [-0.15, -0.1) is 0 Å². The molecule has 0 aromatic heterocycles. The Morgan fingerprint density at radius 3 is 2.30 bits per heavy atom. The van der Waals surface area contributed by atoms with Gasteiger partial charge in [0.15, 0.2) is 0 Å². The van der Waals surface area contributed by atoms with Crippen LogP contribution in [-0.2, 0) is 16.1 Å². The van der Waals surface area contributed by atoms with Gasteiger partial charge in [-0.25, -0.2) is 4.79 Å². The first kappa shape index (κ1) is 18.3. The van der Waals surface area contributed by atoms with Gasteiger partial charge in [-0.05, 0) is 58.2 Å². The van der Waals surface area contributed by atoms with Crippen LogP contribution in [-0.4, -0.2) is 35.3 Å². The molecule has 0 N–H and O–H groups in total. The number of carbonyl (C=O) groups is 1. The molecule has 0 atom stereocenters. The van der Waals surface area contributed by atoms with Crippen molar-refractivity contribution in [3.05, 3.63) is 34.3 Å². The van der Waals surface area contributed by atoms with E-state index in [1.165, 1.54) is 0 Å². The molecule has 0 saturated carbocycles. The lowest BCUT2D eigenvalue weighted by Gasteiger charge is -2.39. The van der Waals surface area contributed by atoms with E-state index in [0.717, 1.165) is 22.9 Å². The number of hydrogen-bond acceptors (Lipinski definition) is 3. The predicted molar refractivity (Wildman–Crippen MR) is 94.4 cm³/mol. The van der Waals surface area contributed by atoms with Gasteiger partial charge in [-0.1, -0.05) is 28.1 Å². The van der Waals surface area contributed by atoms with Crippen LogP contribution in [0.5, 0.6) is 0 Å². The van der Waals surface area contributed by atoms with E-state index in [1.54, 1.807) is 4.90 Å². The van der Waals surface area contributed by atoms with E-state index in [2.05, 4.69) is 35.0 Å². The highest BCUT2D eigenvalue weighted by atomic mass is 79.9. The van der Waals surface area contributed by atoms with Crippen LogP contribution >= 0.6 is 15.9 Å². The number of amides is 1. The van der Waals surface area contributed by atoms with Gasteiger partial charge in [0.2, 0.25) is 0 Å². The molecule has 5 heteroatoms. The summed E-state index contributed by atoms with van der Waals surface area (Å²) < 4.78 is 12.6. The number of carbonyl (C=O) groups excluding carboxylic acids is 1. The average molecular weight is 384 g/mol. The number of nitrogens with zero attached hydrogens (tertiary/aromatic N) is 1. The molecule has 0 radical (unpaired) electrons. The Morgan fingerprint density at radius 1 is 1.22 bits per heavy atom. The third-order valence-corrected chi connectivity index (χ3v) is 4.50. The van der Waals surface area contributed by atoms with Crippen LogP contribution in [0, 0.1) is 0 Å². The normalized spacial score (nSPS) is 17.9. The number of piperidine rings is 1. The van der Waals surface area contributed by atoms with Crippen molar-refractivity contribution in [1.82, 2.24) is 4.90 Å². The largest absolute Gasteiger partial charge is 0.444 e. The van der Waals surface area contributed by atoms with Crippen LogP contribution in [0.15, 0.2) is 28.7 Å². The highest BCUT2D eigenvalue weighted by molar-refractivity contribution is 9.10. The van der Waals surface area contributed by atoms with Crippen LogP contribution in [0.4, 0.5) is 4.79 Å². The molecule has 1 fully saturated rings. The Labute approximate surface area is 147 Å². The molecule has 128 valence electrons. The van der Waals surface area contributed by atoms with Crippen molar-refractivity contribution in [1.29, 1.82) is 0 Å². The molecule has 0 unspecified atom stereocenters. The highest BCUT2D eigenvalue weighted by Crippen LogP contribution is 2.28. The summed E-state index contributed by atoms with van der Waals surface area (Å²) in [5.74, 6) is 0. The zero-order chi connectivity index (χ0) is 17.1. The minimum Gasteiger partial charge on any atom is -0.444 e. The highest BCUT2D eigenvalue weighted by Gasteiger charge is 2.34. The van der Waals surface area contributed by atoms with Crippen molar-refractivity contribution < 1.29 is 14.3 Å². The van der Waals surface area contributed by atoms with Gasteiger partial charge in [-0.3, -0.25) is 0 Å². The summed E-state index contributed by atoms with van der Waals surface area (Å²) in [6.45, 7) is 9.73.